The summed E-state index contributed by atoms with van der Waals surface area (Å²) in [5.41, 5.74) is 6.97. The van der Waals surface area contributed by atoms with Gasteiger partial charge in [-0.3, -0.25) is 9.36 Å². The Morgan fingerprint density at radius 3 is 2.81 bits per heavy atom. The molecule has 2 aromatic heterocycles. The summed E-state index contributed by atoms with van der Waals surface area (Å²) in [4.78, 5) is 25.3. The molecule has 198 valence electrons. The van der Waals surface area contributed by atoms with Crippen LogP contribution in [0, 0.1) is 0 Å². The maximum Gasteiger partial charge on any atom is 0.342 e. The van der Waals surface area contributed by atoms with Gasteiger partial charge in [-0.05, 0) is 38.3 Å². The second kappa shape index (κ2) is 12.2. The number of fused-ring (bicyclic) bond motifs is 1. The number of ether oxygens (including phenoxy) is 2. The highest BCUT2D eigenvalue weighted by atomic mass is 31.2. The maximum atomic E-state index is 13.7. The van der Waals surface area contributed by atoms with Gasteiger partial charge in [0.25, 0.3) is 0 Å². The SMILES string of the molecule is C=CCNc1nc(N)nc2c1ncn2CCOCP(=O)(N[C@@H](C)C(=O)OC1CCC1)Oc1ccccc1. The lowest BCUT2D eigenvalue weighted by molar-refractivity contribution is -0.154. The van der Waals surface area contributed by atoms with Gasteiger partial charge < -0.3 is 29.6 Å². The molecular weight excluding hydrogens is 497 g/mol. The van der Waals surface area contributed by atoms with Crippen LogP contribution in [0.4, 0.5) is 11.8 Å². The predicted octanol–water partition coefficient (Wildman–Crippen LogP) is 3.33. The number of nitrogens with zero attached hydrogens (tertiary/aromatic N) is 4. The van der Waals surface area contributed by atoms with Gasteiger partial charge in [-0.15, -0.1) is 6.58 Å². The molecule has 3 aromatic rings. The number of anilines is 2. The van der Waals surface area contributed by atoms with E-state index < -0.39 is 19.5 Å². The molecule has 1 aliphatic carbocycles. The van der Waals surface area contributed by atoms with Crippen LogP contribution >= 0.6 is 7.52 Å². The molecule has 13 heteroatoms. The maximum absolute atomic E-state index is 13.7. The number of nitrogens with two attached hydrogens (primary N) is 1. The number of aromatic nitrogens is 4. The zero-order valence-corrected chi connectivity index (χ0v) is 21.6. The summed E-state index contributed by atoms with van der Waals surface area (Å²) in [6, 6.07) is 7.90. The highest BCUT2D eigenvalue weighted by molar-refractivity contribution is 7.57. The first kappa shape index (κ1) is 26.6. The van der Waals surface area contributed by atoms with Crippen molar-refractivity contribution in [1.29, 1.82) is 0 Å². The molecule has 1 aromatic carbocycles. The van der Waals surface area contributed by atoms with E-state index in [0.29, 0.717) is 35.8 Å². The number of para-hydroxylation sites is 1. The summed E-state index contributed by atoms with van der Waals surface area (Å²) >= 11 is 0. The van der Waals surface area contributed by atoms with E-state index in [-0.39, 0.29) is 25.0 Å². The number of esters is 1. The number of imidazole rings is 1. The Balaban J connectivity index is 1.39. The average Bonchev–Trinajstić information content (AvgIpc) is 3.25. The summed E-state index contributed by atoms with van der Waals surface area (Å²) in [5.74, 6) is 0.544. The van der Waals surface area contributed by atoms with E-state index in [1.54, 1.807) is 48.2 Å². The Morgan fingerprint density at radius 1 is 1.32 bits per heavy atom. The standard InChI is InChI=1S/C24H32N7O5P/c1-3-12-26-21-20-22(29-24(25)28-21)31(15-27-20)13-14-34-16-37(33,36-19-8-5-4-6-9-19)30-17(2)23(32)35-18-10-7-11-18/h3-6,8-9,15,17-18H,1,7,10-14,16H2,2H3,(H,30,33)(H3,25,26,28,29)/t17-,37?/m0/s1. The molecule has 4 rings (SSSR count). The van der Waals surface area contributed by atoms with Crippen LogP contribution in [-0.4, -0.2) is 57.1 Å². The first-order valence-electron chi connectivity index (χ1n) is 12.1. The third kappa shape index (κ3) is 7.06. The zero-order valence-electron chi connectivity index (χ0n) is 20.7. The summed E-state index contributed by atoms with van der Waals surface area (Å²) in [6.07, 6.45) is 5.72. The third-order valence-electron chi connectivity index (χ3n) is 5.71. The zero-order chi connectivity index (χ0) is 26.3. The smallest absolute Gasteiger partial charge is 0.342 e. The molecule has 1 unspecified atom stereocenters. The molecular formula is C24H32N7O5P. The van der Waals surface area contributed by atoms with Crippen LogP contribution in [0.3, 0.4) is 0 Å². The molecule has 0 amide bonds. The topological polar surface area (TPSA) is 156 Å². The van der Waals surface area contributed by atoms with E-state index in [9.17, 15) is 9.36 Å². The van der Waals surface area contributed by atoms with Crippen molar-refractivity contribution in [2.24, 2.45) is 0 Å². The van der Waals surface area contributed by atoms with Gasteiger partial charge >= 0.3 is 13.5 Å². The lowest BCUT2D eigenvalue weighted by atomic mass is 9.96. The largest absolute Gasteiger partial charge is 0.461 e. The number of nitrogen functional groups attached to an aromatic ring is 1. The van der Waals surface area contributed by atoms with Crippen LogP contribution < -0.4 is 20.7 Å². The minimum atomic E-state index is -3.63. The van der Waals surface area contributed by atoms with Crippen LogP contribution in [0.2, 0.25) is 0 Å². The van der Waals surface area contributed by atoms with Gasteiger partial charge in [-0.1, -0.05) is 24.3 Å². The van der Waals surface area contributed by atoms with Crippen molar-refractivity contribution in [2.75, 3.05) is 30.6 Å². The van der Waals surface area contributed by atoms with Gasteiger partial charge in [0.2, 0.25) is 5.95 Å². The van der Waals surface area contributed by atoms with Gasteiger partial charge in [0, 0.05) is 13.1 Å². The Morgan fingerprint density at radius 2 is 2.11 bits per heavy atom. The Hall–Kier alpha value is -3.47. The molecule has 1 fully saturated rings. The molecule has 0 bridgehead atoms. The number of carbonyl (C=O) groups excluding carboxylic acids is 1. The number of hydrogen-bond acceptors (Lipinski definition) is 10. The monoisotopic (exact) mass is 529 g/mol. The summed E-state index contributed by atoms with van der Waals surface area (Å²) < 4.78 is 32.4. The molecule has 12 nitrogen and oxygen atoms in total. The lowest BCUT2D eigenvalue weighted by Crippen LogP contribution is -2.38. The molecule has 37 heavy (non-hydrogen) atoms. The summed E-state index contributed by atoms with van der Waals surface area (Å²) in [6.45, 7) is 6.32. The number of nitrogens with one attached hydrogen (secondary N) is 2. The third-order valence-corrected chi connectivity index (χ3v) is 7.52. The van der Waals surface area contributed by atoms with Gasteiger partial charge in [-0.2, -0.15) is 9.97 Å². The van der Waals surface area contributed by atoms with E-state index in [1.165, 1.54) is 0 Å². The Labute approximate surface area is 215 Å². The second-order valence-electron chi connectivity index (χ2n) is 8.67. The molecule has 0 radical (unpaired) electrons. The highest BCUT2D eigenvalue weighted by Crippen LogP contribution is 2.43. The second-order valence-corrected chi connectivity index (χ2v) is 10.7. The number of hydrogen-bond donors (Lipinski definition) is 3. The molecule has 0 aliphatic heterocycles. The predicted molar refractivity (Wildman–Crippen MR) is 140 cm³/mol. The van der Waals surface area contributed by atoms with Crippen molar-refractivity contribution in [3.05, 3.63) is 49.3 Å². The number of rotatable bonds is 14. The van der Waals surface area contributed by atoms with Crippen molar-refractivity contribution in [1.82, 2.24) is 24.6 Å². The van der Waals surface area contributed by atoms with E-state index in [2.05, 4.69) is 31.9 Å². The van der Waals surface area contributed by atoms with E-state index in [0.717, 1.165) is 19.3 Å². The molecule has 1 saturated carbocycles. The molecule has 2 atom stereocenters. The average molecular weight is 530 g/mol. The molecule has 2 heterocycles. The fraction of sp³-hybridized carbons (Fsp3) is 0.417. The van der Waals surface area contributed by atoms with Crippen molar-refractivity contribution in [2.45, 2.75) is 44.9 Å². The minimum Gasteiger partial charge on any atom is -0.461 e. The van der Waals surface area contributed by atoms with Crippen molar-refractivity contribution in [3.8, 4) is 5.75 Å². The fourth-order valence-electron chi connectivity index (χ4n) is 3.61. The number of carbonyl (C=O) groups is 1. The van der Waals surface area contributed by atoms with Crippen LogP contribution in [0.25, 0.3) is 11.2 Å². The lowest BCUT2D eigenvalue weighted by Gasteiger charge is -2.28. The molecule has 1 aliphatic rings. The van der Waals surface area contributed by atoms with Gasteiger partial charge in [0.15, 0.2) is 17.0 Å². The number of benzene rings is 1. The van der Waals surface area contributed by atoms with E-state index in [1.807, 2.05) is 6.07 Å². The summed E-state index contributed by atoms with van der Waals surface area (Å²) in [5, 5.41) is 5.91. The Bertz CT molecular complexity index is 1270. The molecule has 0 spiro atoms. The van der Waals surface area contributed by atoms with Crippen molar-refractivity contribution < 1.29 is 23.4 Å². The van der Waals surface area contributed by atoms with Crippen LogP contribution in [-0.2, 0) is 25.4 Å². The van der Waals surface area contributed by atoms with E-state index in [4.69, 9.17) is 19.7 Å². The van der Waals surface area contributed by atoms with Crippen molar-refractivity contribution >= 4 is 36.4 Å². The highest BCUT2D eigenvalue weighted by Gasteiger charge is 2.32. The first-order chi connectivity index (χ1) is 17.9. The van der Waals surface area contributed by atoms with Crippen LogP contribution in [0.15, 0.2) is 49.3 Å². The van der Waals surface area contributed by atoms with Crippen molar-refractivity contribution in [3.63, 3.8) is 0 Å². The fourth-order valence-corrected chi connectivity index (χ4v) is 5.32. The molecule has 0 saturated heterocycles. The quantitative estimate of drug-likeness (QED) is 0.122. The van der Waals surface area contributed by atoms with Gasteiger partial charge in [0.1, 0.15) is 24.2 Å². The van der Waals surface area contributed by atoms with Crippen LogP contribution in [0.5, 0.6) is 5.75 Å². The molecule has 4 N–H and O–H groups in total. The van der Waals surface area contributed by atoms with Gasteiger partial charge in [-0.25, -0.2) is 10.1 Å². The van der Waals surface area contributed by atoms with Gasteiger partial charge in [0.05, 0.1) is 12.9 Å². The van der Waals surface area contributed by atoms with E-state index >= 15 is 0 Å². The normalized spacial score (nSPS) is 15.9. The van der Waals surface area contributed by atoms with Crippen LogP contribution in [0.1, 0.15) is 26.2 Å². The minimum absolute atomic E-state index is 0.0715. The Kier molecular flexibility index (Phi) is 8.75. The summed E-state index contributed by atoms with van der Waals surface area (Å²) in [7, 11) is -3.63. The first-order valence-corrected chi connectivity index (χ1v) is 13.9.